The molecule has 0 saturated carbocycles. The van der Waals surface area contributed by atoms with Crippen molar-refractivity contribution in [3.63, 3.8) is 0 Å². The number of fused-ring (bicyclic) bond motifs is 1. The Bertz CT molecular complexity index is 818. The number of thiophene rings is 2. The fourth-order valence-electron chi connectivity index (χ4n) is 1.91. The Balaban J connectivity index is 1.92. The predicted molar refractivity (Wildman–Crippen MR) is 78.9 cm³/mol. The van der Waals surface area contributed by atoms with Crippen LogP contribution in [0.25, 0.3) is 10.2 Å². The third kappa shape index (κ3) is 2.50. The van der Waals surface area contributed by atoms with E-state index < -0.39 is 5.97 Å². The zero-order valence-electron chi connectivity index (χ0n) is 10.3. The maximum atomic E-state index is 11.9. The molecule has 0 amide bonds. The molecule has 2 N–H and O–H groups in total. The zero-order chi connectivity index (χ0) is 14.1. The molecule has 0 radical (unpaired) electrons. The predicted octanol–water partition coefficient (Wildman–Crippen LogP) is 2.53. The lowest BCUT2D eigenvalue weighted by Gasteiger charge is -1.99. The highest BCUT2D eigenvalue weighted by Gasteiger charge is 2.13. The van der Waals surface area contributed by atoms with Gasteiger partial charge in [0.1, 0.15) is 15.4 Å². The number of H-pyrrole nitrogens is 1. The second kappa shape index (κ2) is 5.18. The number of aromatic nitrogens is 2. The summed E-state index contributed by atoms with van der Waals surface area (Å²) in [6, 6.07) is 5.47. The zero-order valence-corrected chi connectivity index (χ0v) is 11.9. The lowest BCUT2D eigenvalue weighted by molar-refractivity contribution is 0.0702. The van der Waals surface area contributed by atoms with Gasteiger partial charge in [-0.2, -0.15) is 0 Å². The van der Waals surface area contributed by atoms with E-state index in [1.165, 1.54) is 10.9 Å². The molecule has 20 heavy (non-hydrogen) atoms. The van der Waals surface area contributed by atoms with Crippen molar-refractivity contribution < 1.29 is 9.90 Å². The number of aromatic carboxylic acids is 1. The molecule has 5 nitrogen and oxygen atoms in total. The molecule has 0 aliphatic carbocycles. The molecule has 0 aliphatic rings. The summed E-state index contributed by atoms with van der Waals surface area (Å²) >= 11 is 2.62. The van der Waals surface area contributed by atoms with Gasteiger partial charge in [-0.05, 0) is 23.9 Å². The Morgan fingerprint density at radius 1 is 1.40 bits per heavy atom. The highest BCUT2D eigenvalue weighted by Crippen LogP contribution is 2.21. The van der Waals surface area contributed by atoms with Crippen molar-refractivity contribution >= 4 is 38.9 Å². The molecular weight excluding hydrogens is 296 g/mol. The van der Waals surface area contributed by atoms with Gasteiger partial charge >= 0.3 is 5.97 Å². The Kier molecular flexibility index (Phi) is 3.37. The van der Waals surface area contributed by atoms with E-state index in [1.54, 1.807) is 11.3 Å². The molecule has 3 heterocycles. The molecule has 0 spiro atoms. The van der Waals surface area contributed by atoms with Gasteiger partial charge in [0.25, 0.3) is 5.56 Å². The topological polar surface area (TPSA) is 83.0 Å². The molecule has 0 aromatic carbocycles. The summed E-state index contributed by atoms with van der Waals surface area (Å²) in [5, 5.41) is 11.0. The fraction of sp³-hybridized carbons (Fsp3) is 0.154. The van der Waals surface area contributed by atoms with E-state index in [1.807, 2.05) is 17.5 Å². The van der Waals surface area contributed by atoms with Crippen molar-refractivity contribution in [3.8, 4) is 0 Å². The Hall–Kier alpha value is -1.99. The lowest BCUT2D eigenvalue weighted by atomic mass is 10.2. The first-order valence-corrected chi connectivity index (χ1v) is 7.61. The number of carbonyl (C=O) groups is 1. The van der Waals surface area contributed by atoms with Gasteiger partial charge in [0.15, 0.2) is 0 Å². The minimum atomic E-state index is -1.03. The fourth-order valence-corrected chi connectivity index (χ4v) is 3.45. The number of hydrogen-bond acceptors (Lipinski definition) is 5. The first-order chi connectivity index (χ1) is 9.63. The summed E-state index contributed by atoms with van der Waals surface area (Å²) in [7, 11) is 0. The van der Waals surface area contributed by atoms with Crippen molar-refractivity contribution in [2.45, 2.75) is 12.8 Å². The monoisotopic (exact) mass is 306 g/mol. The van der Waals surface area contributed by atoms with E-state index >= 15 is 0 Å². The average Bonchev–Trinajstić information content (AvgIpc) is 3.05. The lowest BCUT2D eigenvalue weighted by Crippen LogP contribution is -2.10. The summed E-state index contributed by atoms with van der Waals surface area (Å²) < 4.78 is 0.363. The molecule has 0 saturated heterocycles. The van der Waals surface area contributed by atoms with Gasteiger partial charge in [0.2, 0.25) is 0 Å². The van der Waals surface area contributed by atoms with Crippen LogP contribution in [0.4, 0.5) is 0 Å². The van der Waals surface area contributed by atoms with Crippen LogP contribution in [0, 0.1) is 0 Å². The number of hydrogen-bond donors (Lipinski definition) is 2. The maximum absolute atomic E-state index is 11.9. The molecule has 102 valence electrons. The molecule has 0 unspecified atom stereocenters. The van der Waals surface area contributed by atoms with E-state index in [9.17, 15) is 9.59 Å². The minimum Gasteiger partial charge on any atom is -0.477 e. The second-order valence-corrected chi connectivity index (χ2v) is 6.31. The maximum Gasteiger partial charge on any atom is 0.345 e. The van der Waals surface area contributed by atoms with Crippen molar-refractivity contribution in [1.29, 1.82) is 0 Å². The number of nitrogens with zero attached hydrogens (tertiary/aromatic N) is 1. The number of carboxylic acids is 1. The standard InChI is InChI=1S/C13H10N2O3S2/c16-12-11-8(6-9(20-11)13(17)18)14-10(15-12)4-3-7-2-1-5-19-7/h1-2,5-6H,3-4H2,(H,17,18)(H,14,15,16). The summed E-state index contributed by atoms with van der Waals surface area (Å²) in [5.41, 5.74) is 0.186. The van der Waals surface area contributed by atoms with Gasteiger partial charge in [0.05, 0.1) is 5.52 Å². The smallest absolute Gasteiger partial charge is 0.345 e. The third-order valence-corrected chi connectivity index (χ3v) is 4.88. The molecule has 3 aromatic rings. The Labute approximate surface area is 121 Å². The van der Waals surface area contributed by atoms with E-state index in [0.29, 0.717) is 22.5 Å². The van der Waals surface area contributed by atoms with Crippen LogP contribution < -0.4 is 5.56 Å². The Morgan fingerprint density at radius 2 is 2.25 bits per heavy atom. The van der Waals surface area contributed by atoms with Gasteiger partial charge in [-0.1, -0.05) is 6.07 Å². The van der Waals surface area contributed by atoms with Crippen molar-refractivity contribution in [1.82, 2.24) is 9.97 Å². The van der Waals surface area contributed by atoms with E-state index in [2.05, 4.69) is 9.97 Å². The van der Waals surface area contributed by atoms with Gasteiger partial charge in [0, 0.05) is 11.3 Å². The minimum absolute atomic E-state index is 0.133. The number of rotatable bonds is 4. The number of nitrogens with one attached hydrogen (secondary N) is 1. The first-order valence-electron chi connectivity index (χ1n) is 5.92. The van der Waals surface area contributed by atoms with E-state index in [0.717, 1.165) is 17.8 Å². The van der Waals surface area contributed by atoms with Gasteiger partial charge < -0.3 is 10.1 Å². The van der Waals surface area contributed by atoms with E-state index in [-0.39, 0.29) is 10.4 Å². The normalized spacial score (nSPS) is 11.0. The molecule has 3 aromatic heterocycles. The number of carboxylic acid groups (broad SMARTS) is 1. The average molecular weight is 306 g/mol. The number of aromatic amines is 1. The van der Waals surface area contributed by atoms with Crippen LogP contribution in [-0.2, 0) is 12.8 Å². The van der Waals surface area contributed by atoms with Crippen molar-refractivity contribution in [2.75, 3.05) is 0 Å². The SMILES string of the molecule is O=C(O)c1cc2nc(CCc3cccs3)[nH]c(=O)c2s1. The van der Waals surface area contributed by atoms with Crippen molar-refractivity contribution in [2.24, 2.45) is 0 Å². The van der Waals surface area contributed by atoms with Gasteiger partial charge in [-0.25, -0.2) is 9.78 Å². The summed E-state index contributed by atoms with van der Waals surface area (Å²) in [6.07, 6.45) is 1.44. The van der Waals surface area contributed by atoms with Gasteiger partial charge in [-0.3, -0.25) is 4.79 Å². The largest absolute Gasteiger partial charge is 0.477 e. The quantitative estimate of drug-likeness (QED) is 0.776. The molecular formula is C13H10N2O3S2. The van der Waals surface area contributed by atoms with E-state index in [4.69, 9.17) is 5.11 Å². The molecule has 0 aliphatic heterocycles. The van der Waals surface area contributed by atoms with Crippen LogP contribution >= 0.6 is 22.7 Å². The number of aryl methyl sites for hydroxylation is 2. The van der Waals surface area contributed by atoms with Crippen LogP contribution in [-0.4, -0.2) is 21.0 Å². The summed E-state index contributed by atoms with van der Waals surface area (Å²) in [4.78, 5) is 31.3. The van der Waals surface area contributed by atoms with Crippen LogP contribution in [0.5, 0.6) is 0 Å². The molecule has 0 bridgehead atoms. The highest BCUT2D eigenvalue weighted by molar-refractivity contribution is 7.20. The molecule has 0 atom stereocenters. The summed E-state index contributed by atoms with van der Waals surface area (Å²) in [6.45, 7) is 0. The third-order valence-electron chi connectivity index (χ3n) is 2.83. The van der Waals surface area contributed by atoms with Crippen LogP contribution in [0.15, 0.2) is 28.4 Å². The van der Waals surface area contributed by atoms with Gasteiger partial charge in [-0.15, -0.1) is 22.7 Å². The van der Waals surface area contributed by atoms with Crippen LogP contribution in [0.1, 0.15) is 20.4 Å². The Morgan fingerprint density at radius 3 is 2.95 bits per heavy atom. The summed E-state index contributed by atoms with van der Waals surface area (Å²) in [5.74, 6) is -0.446. The highest BCUT2D eigenvalue weighted by atomic mass is 32.1. The van der Waals surface area contributed by atoms with Crippen LogP contribution in [0.2, 0.25) is 0 Å². The molecule has 0 fully saturated rings. The molecule has 3 rings (SSSR count). The first kappa shape index (κ1) is 13.0. The van der Waals surface area contributed by atoms with Crippen LogP contribution in [0.3, 0.4) is 0 Å². The molecule has 7 heteroatoms. The second-order valence-electron chi connectivity index (χ2n) is 4.22. The van der Waals surface area contributed by atoms with Crippen molar-refractivity contribution in [3.05, 3.63) is 49.5 Å².